The smallest absolute Gasteiger partial charge is 0.252 e. The summed E-state index contributed by atoms with van der Waals surface area (Å²) < 4.78 is 16.4. The van der Waals surface area contributed by atoms with Crippen molar-refractivity contribution >= 4 is 123 Å². The van der Waals surface area contributed by atoms with E-state index in [0.29, 0.717) is 0 Å². The molecule has 0 saturated carbocycles. The highest BCUT2D eigenvalue weighted by molar-refractivity contribution is 7.00. The van der Waals surface area contributed by atoms with Crippen molar-refractivity contribution in [3.05, 3.63) is 265 Å². The summed E-state index contributed by atoms with van der Waals surface area (Å²) in [6.45, 7) is 20.8. The number of fused-ring (bicyclic) bond motifs is 13. The molecule has 3 aromatic heterocycles. The Balaban J connectivity index is 0.998. The molecule has 0 N–H and O–H groups in total. The monoisotopic (exact) mass is 1160 g/mol. The lowest BCUT2D eigenvalue weighted by molar-refractivity contribution is 0.590. The maximum absolute atomic E-state index is 6.99. The van der Waals surface area contributed by atoms with E-state index in [-0.39, 0.29) is 23.0 Å². The summed E-state index contributed by atoms with van der Waals surface area (Å²) in [6.07, 6.45) is 0. The third-order valence-electron chi connectivity index (χ3n) is 19.4. The first kappa shape index (κ1) is 53.9. The van der Waals surface area contributed by atoms with Crippen molar-refractivity contribution in [2.75, 3.05) is 9.80 Å². The van der Waals surface area contributed by atoms with E-state index in [1.54, 1.807) is 0 Å². The standard InChI is InChI=1S/C84H68BN3O2/c1-82(2,3)57-34-39-67-61(46-57)62-47-58(83(4,5)6)35-40-68(62)86(67)60-36-37-65-72(50-60)88(71-28-20-30-78-80(71)64-44-55(33-42-76(64)90-78)52-23-15-11-16-24-52)74-49-59(84(7,8)9)48-73-81(74)85(65)66-45-56(53-25-17-12-18-26-53)31-38-69(66)87(73)70-27-19-29-77-79(70)63-43-54(32-41-75(63)89-77)51-21-13-10-14-22-51/h10-50H,1-9H3. The van der Waals surface area contributed by atoms with Crippen LogP contribution in [0.2, 0.25) is 0 Å². The minimum atomic E-state index is -0.267. The Kier molecular flexibility index (Phi) is 11.7. The van der Waals surface area contributed by atoms with Crippen LogP contribution in [-0.4, -0.2) is 11.3 Å². The lowest BCUT2D eigenvalue weighted by Crippen LogP contribution is -2.61. The predicted molar refractivity (Wildman–Crippen MR) is 382 cm³/mol. The van der Waals surface area contributed by atoms with Crippen LogP contribution >= 0.6 is 0 Å². The largest absolute Gasteiger partial charge is 0.456 e. The topological polar surface area (TPSA) is 37.7 Å². The lowest BCUT2D eigenvalue weighted by atomic mass is 9.33. The highest BCUT2D eigenvalue weighted by Crippen LogP contribution is 2.52. The average Bonchev–Trinajstić information content (AvgIpc) is 0.814. The Hall–Kier alpha value is -10.3. The van der Waals surface area contributed by atoms with Gasteiger partial charge in [0.2, 0.25) is 0 Å². The number of hydrogen-bond acceptors (Lipinski definition) is 4. The first-order valence-electron chi connectivity index (χ1n) is 31.7. The van der Waals surface area contributed by atoms with E-state index >= 15 is 0 Å². The second kappa shape index (κ2) is 19.6. The fourth-order valence-corrected chi connectivity index (χ4v) is 14.7. The highest BCUT2D eigenvalue weighted by atomic mass is 16.3. The maximum Gasteiger partial charge on any atom is 0.252 e. The number of nitrogens with zero attached hydrogens (tertiary/aromatic N) is 3. The minimum absolute atomic E-state index is 0.0359. The third-order valence-corrected chi connectivity index (χ3v) is 19.4. The van der Waals surface area contributed by atoms with E-state index in [1.807, 2.05) is 0 Å². The molecule has 5 nitrogen and oxygen atoms in total. The molecule has 434 valence electrons. The van der Waals surface area contributed by atoms with Crippen molar-refractivity contribution in [1.82, 2.24) is 4.57 Å². The van der Waals surface area contributed by atoms with Gasteiger partial charge in [0.1, 0.15) is 22.3 Å². The Morgan fingerprint density at radius 1 is 0.289 bits per heavy atom. The Labute approximate surface area is 526 Å². The van der Waals surface area contributed by atoms with Gasteiger partial charge in [0.15, 0.2) is 0 Å². The summed E-state index contributed by atoms with van der Waals surface area (Å²) in [5.41, 5.74) is 27.7. The summed E-state index contributed by atoms with van der Waals surface area (Å²) >= 11 is 0. The Morgan fingerprint density at radius 3 is 1.22 bits per heavy atom. The quantitative estimate of drug-likeness (QED) is 0.156. The second-order valence-corrected chi connectivity index (χ2v) is 28.1. The third kappa shape index (κ3) is 8.37. The van der Waals surface area contributed by atoms with Crippen molar-refractivity contribution in [2.24, 2.45) is 0 Å². The van der Waals surface area contributed by atoms with Crippen LogP contribution in [-0.2, 0) is 16.2 Å². The first-order valence-corrected chi connectivity index (χ1v) is 31.7. The van der Waals surface area contributed by atoms with Crippen LogP contribution in [0.4, 0.5) is 34.1 Å². The molecular formula is C84H68BN3O2. The van der Waals surface area contributed by atoms with Crippen LogP contribution in [0.5, 0.6) is 0 Å². The average molecular weight is 1160 g/mol. The van der Waals surface area contributed by atoms with Crippen molar-refractivity contribution in [3.63, 3.8) is 0 Å². The van der Waals surface area contributed by atoms with Crippen LogP contribution < -0.4 is 26.2 Å². The van der Waals surface area contributed by atoms with Crippen LogP contribution in [0.25, 0.3) is 105 Å². The van der Waals surface area contributed by atoms with E-state index in [4.69, 9.17) is 8.83 Å². The predicted octanol–water partition coefficient (Wildman–Crippen LogP) is 21.6. The zero-order chi connectivity index (χ0) is 61.1. The minimum Gasteiger partial charge on any atom is -0.456 e. The van der Waals surface area contributed by atoms with Gasteiger partial charge in [-0.15, -0.1) is 0 Å². The molecule has 0 fully saturated rings. The molecule has 90 heavy (non-hydrogen) atoms. The van der Waals surface area contributed by atoms with E-state index < -0.39 is 0 Å². The van der Waals surface area contributed by atoms with E-state index in [1.165, 1.54) is 71.6 Å². The van der Waals surface area contributed by atoms with Crippen LogP contribution in [0.1, 0.15) is 79.0 Å². The molecule has 0 aliphatic carbocycles. The van der Waals surface area contributed by atoms with Crippen molar-refractivity contribution in [2.45, 2.75) is 78.6 Å². The van der Waals surface area contributed by atoms with Gasteiger partial charge in [-0.2, -0.15) is 0 Å². The van der Waals surface area contributed by atoms with Crippen molar-refractivity contribution in [3.8, 4) is 39.1 Å². The van der Waals surface area contributed by atoms with Gasteiger partial charge in [0.05, 0.1) is 33.2 Å². The highest BCUT2D eigenvalue weighted by Gasteiger charge is 2.45. The van der Waals surface area contributed by atoms with E-state index in [0.717, 1.165) is 100 Å². The van der Waals surface area contributed by atoms with Gasteiger partial charge in [-0.1, -0.05) is 208 Å². The molecule has 0 radical (unpaired) electrons. The molecule has 0 atom stereocenters. The maximum atomic E-state index is 6.99. The fourth-order valence-electron chi connectivity index (χ4n) is 14.7. The fraction of sp³-hybridized carbons (Fsp3) is 0.143. The van der Waals surface area contributed by atoms with Gasteiger partial charge in [0.25, 0.3) is 6.71 Å². The molecule has 6 heteroatoms. The van der Waals surface area contributed by atoms with Crippen molar-refractivity contribution in [1.29, 1.82) is 0 Å². The van der Waals surface area contributed by atoms with Crippen LogP contribution in [0.15, 0.2) is 258 Å². The zero-order valence-corrected chi connectivity index (χ0v) is 52.4. The normalized spacial score (nSPS) is 13.3. The molecular weight excluding hydrogens is 1090 g/mol. The number of anilines is 6. The number of benzene rings is 12. The SMILES string of the molecule is CC(C)(C)c1cc2c3c(c1)N(c1cccc4oc5ccc(-c6ccccc6)cc5c14)c1cc(-n4c5ccc(C(C)(C)C)cc5c5cc(C(C)(C)C)ccc54)ccc1B3c1cc(-c3ccccc3)ccc1N2c1cccc2oc3ccc(-c4ccccc4)cc3c12. The van der Waals surface area contributed by atoms with Gasteiger partial charge in [0, 0.05) is 50.0 Å². The molecule has 0 saturated heterocycles. The Bertz CT molecular complexity index is 5370. The molecule has 2 aliphatic heterocycles. The van der Waals surface area contributed by atoms with Gasteiger partial charge in [-0.05, 0) is 186 Å². The summed E-state index contributed by atoms with van der Waals surface area (Å²) in [5.74, 6) is 0. The van der Waals surface area contributed by atoms with Crippen molar-refractivity contribution < 1.29 is 8.83 Å². The number of rotatable bonds is 6. The van der Waals surface area contributed by atoms with E-state index in [9.17, 15) is 0 Å². The molecule has 5 heterocycles. The van der Waals surface area contributed by atoms with Crippen LogP contribution in [0, 0.1) is 0 Å². The lowest BCUT2D eigenvalue weighted by Gasteiger charge is -2.45. The molecule has 0 spiro atoms. The molecule has 12 aromatic carbocycles. The molecule has 15 aromatic rings. The second-order valence-electron chi connectivity index (χ2n) is 28.1. The zero-order valence-electron chi connectivity index (χ0n) is 52.4. The number of furan rings is 2. The number of hydrogen-bond donors (Lipinski definition) is 0. The summed E-state index contributed by atoms with van der Waals surface area (Å²) in [7, 11) is 0. The van der Waals surface area contributed by atoms with Gasteiger partial charge in [-0.3, -0.25) is 0 Å². The van der Waals surface area contributed by atoms with Crippen LogP contribution in [0.3, 0.4) is 0 Å². The first-order chi connectivity index (χ1) is 43.5. The molecule has 0 bridgehead atoms. The molecule has 17 rings (SSSR count). The Morgan fingerprint density at radius 2 is 0.744 bits per heavy atom. The van der Waals surface area contributed by atoms with Gasteiger partial charge < -0.3 is 23.2 Å². The molecule has 2 aliphatic rings. The van der Waals surface area contributed by atoms with E-state index in [2.05, 4.69) is 325 Å². The summed E-state index contributed by atoms with van der Waals surface area (Å²) in [6, 6.07) is 92.8. The summed E-state index contributed by atoms with van der Waals surface area (Å²) in [5, 5.41) is 6.82. The molecule has 0 amide bonds. The van der Waals surface area contributed by atoms with Gasteiger partial charge >= 0.3 is 0 Å². The summed E-state index contributed by atoms with van der Waals surface area (Å²) in [4.78, 5) is 5.19. The molecule has 0 unspecified atom stereocenters. The van der Waals surface area contributed by atoms with Gasteiger partial charge in [-0.25, -0.2) is 0 Å². The number of aromatic nitrogens is 1.